The zero-order valence-corrected chi connectivity index (χ0v) is 14.2. The van der Waals surface area contributed by atoms with E-state index in [1.54, 1.807) is 0 Å². The van der Waals surface area contributed by atoms with Gasteiger partial charge in [-0.1, -0.05) is 24.3 Å². The van der Waals surface area contributed by atoms with Gasteiger partial charge in [-0.3, -0.25) is 4.79 Å². The Morgan fingerprint density at radius 3 is 2.92 bits per heavy atom. The molecule has 0 radical (unpaired) electrons. The Morgan fingerprint density at radius 1 is 1.16 bits per heavy atom. The summed E-state index contributed by atoms with van der Waals surface area (Å²) >= 11 is 0. The first-order valence-electron chi connectivity index (χ1n) is 8.78. The van der Waals surface area contributed by atoms with E-state index in [2.05, 4.69) is 29.2 Å². The second-order valence-corrected chi connectivity index (χ2v) is 6.66. The normalized spacial score (nSPS) is 18.2. The number of benzene rings is 2. The van der Waals surface area contributed by atoms with E-state index in [0.29, 0.717) is 25.7 Å². The Morgan fingerprint density at radius 2 is 2.04 bits per heavy atom. The molecule has 0 saturated carbocycles. The number of aromatic nitrogens is 1. The predicted molar refractivity (Wildman–Crippen MR) is 98.7 cm³/mol. The number of ether oxygens (including phenoxy) is 1. The van der Waals surface area contributed by atoms with Crippen LogP contribution in [-0.2, 0) is 11.2 Å². The first kappa shape index (κ1) is 15.9. The van der Waals surface area contributed by atoms with Crippen LogP contribution in [0.15, 0.2) is 60.8 Å². The third kappa shape index (κ3) is 3.59. The van der Waals surface area contributed by atoms with Crippen LogP contribution < -0.4 is 0 Å². The van der Waals surface area contributed by atoms with Crippen molar-refractivity contribution in [3.05, 3.63) is 71.9 Å². The zero-order valence-electron chi connectivity index (χ0n) is 14.2. The molecule has 4 heteroatoms. The van der Waals surface area contributed by atoms with E-state index in [9.17, 15) is 4.79 Å². The highest BCUT2D eigenvalue weighted by molar-refractivity contribution is 5.94. The molecule has 1 N–H and O–H groups in total. The average molecular weight is 334 g/mol. The average Bonchev–Trinajstić information content (AvgIpc) is 2.99. The summed E-state index contributed by atoms with van der Waals surface area (Å²) in [7, 11) is 0. The van der Waals surface area contributed by atoms with Crippen LogP contribution >= 0.6 is 0 Å². The second kappa shape index (κ2) is 7.11. The number of hydrogen-bond donors (Lipinski definition) is 1. The van der Waals surface area contributed by atoms with Crippen LogP contribution in [0, 0.1) is 5.92 Å². The highest BCUT2D eigenvalue weighted by atomic mass is 16.5. The molecule has 2 aromatic carbocycles. The third-order valence-electron chi connectivity index (χ3n) is 4.79. The fourth-order valence-electron chi connectivity index (χ4n) is 3.51. The van der Waals surface area contributed by atoms with Gasteiger partial charge in [-0.15, -0.1) is 0 Å². The van der Waals surface area contributed by atoms with Crippen LogP contribution in [0.25, 0.3) is 10.9 Å². The number of H-pyrrole nitrogens is 1. The van der Waals surface area contributed by atoms with E-state index in [4.69, 9.17) is 4.74 Å². The molecule has 0 bridgehead atoms. The minimum absolute atomic E-state index is 0.0946. The van der Waals surface area contributed by atoms with E-state index >= 15 is 0 Å². The fraction of sp³-hybridized carbons (Fsp3) is 0.286. The molecule has 1 aliphatic heterocycles. The Labute approximate surface area is 147 Å². The Hall–Kier alpha value is -2.59. The quantitative estimate of drug-likeness (QED) is 0.797. The van der Waals surface area contributed by atoms with Gasteiger partial charge in [-0.05, 0) is 47.7 Å². The van der Waals surface area contributed by atoms with Crippen molar-refractivity contribution < 1.29 is 9.53 Å². The van der Waals surface area contributed by atoms with Crippen molar-refractivity contribution in [2.24, 2.45) is 5.92 Å². The van der Waals surface area contributed by atoms with Gasteiger partial charge in [-0.2, -0.15) is 0 Å². The first-order chi connectivity index (χ1) is 12.3. The molecule has 0 spiro atoms. The maximum absolute atomic E-state index is 12.8. The van der Waals surface area contributed by atoms with Gasteiger partial charge in [-0.25, -0.2) is 0 Å². The van der Waals surface area contributed by atoms with Gasteiger partial charge in [0.1, 0.15) is 0 Å². The molecular weight excluding hydrogens is 312 g/mol. The molecule has 0 unspecified atom stereocenters. The predicted octanol–water partition coefficient (Wildman–Crippen LogP) is 3.50. The molecule has 128 valence electrons. The molecule has 1 atom stereocenters. The zero-order chi connectivity index (χ0) is 17.1. The fourth-order valence-corrected chi connectivity index (χ4v) is 3.51. The number of aromatic amines is 1. The Balaban J connectivity index is 1.48. The van der Waals surface area contributed by atoms with Crippen LogP contribution in [-0.4, -0.2) is 42.1 Å². The lowest BCUT2D eigenvalue weighted by molar-refractivity contribution is 0.0737. The van der Waals surface area contributed by atoms with Crippen molar-refractivity contribution in [2.75, 3.05) is 26.3 Å². The van der Waals surface area contributed by atoms with Crippen LogP contribution in [0.3, 0.4) is 0 Å². The molecule has 1 aromatic heterocycles. The number of nitrogens with zero attached hydrogens (tertiary/aromatic N) is 1. The molecule has 3 aromatic rings. The molecule has 1 amide bonds. The second-order valence-electron chi connectivity index (χ2n) is 6.66. The first-order valence-corrected chi connectivity index (χ1v) is 8.78. The summed E-state index contributed by atoms with van der Waals surface area (Å²) < 4.78 is 5.77. The number of rotatable bonds is 3. The number of carbonyl (C=O) groups excluding carboxylic acids is 1. The van der Waals surface area contributed by atoms with Crippen molar-refractivity contribution in [3.8, 4) is 0 Å². The van der Waals surface area contributed by atoms with Crippen molar-refractivity contribution in [1.82, 2.24) is 9.88 Å². The number of carbonyl (C=O) groups is 1. The SMILES string of the molecule is O=C(c1ccccc1)N1CCOC[C@H](Cc2ccc3[nH]ccc3c2)C1. The van der Waals surface area contributed by atoms with Gasteiger partial charge in [0.2, 0.25) is 0 Å². The van der Waals surface area contributed by atoms with E-state index in [0.717, 1.165) is 24.0 Å². The molecule has 2 heterocycles. The highest BCUT2D eigenvalue weighted by Gasteiger charge is 2.23. The molecule has 25 heavy (non-hydrogen) atoms. The van der Waals surface area contributed by atoms with Crippen molar-refractivity contribution in [2.45, 2.75) is 6.42 Å². The largest absolute Gasteiger partial charge is 0.379 e. The monoisotopic (exact) mass is 334 g/mol. The van der Waals surface area contributed by atoms with Crippen molar-refractivity contribution in [1.29, 1.82) is 0 Å². The third-order valence-corrected chi connectivity index (χ3v) is 4.79. The number of nitrogens with one attached hydrogen (secondary N) is 1. The lowest BCUT2D eigenvalue weighted by Gasteiger charge is -2.24. The maximum atomic E-state index is 12.8. The van der Waals surface area contributed by atoms with E-state index in [1.807, 2.05) is 41.4 Å². The summed E-state index contributed by atoms with van der Waals surface area (Å²) in [5.41, 5.74) is 3.19. The van der Waals surface area contributed by atoms with Crippen molar-refractivity contribution >= 4 is 16.8 Å². The summed E-state index contributed by atoms with van der Waals surface area (Å²) in [6.45, 7) is 2.69. The highest BCUT2D eigenvalue weighted by Crippen LogP contribution is 2.20. The molecule has 1 saturated heterocycles. The minimum atomic E-state index is 0.0946. The minimum Gasteiger partial charge on any atom is -0.379 e. The van der Waals surface area contributed by atoms with Crippen LogP contribution in [0.2, 0.25) is 0 Å². The Kier molecular flexibility index (Phi) is 4.53. The topological polar surface area (TPSA) is 45.3 Å². The number of hydrogen-bond acceptors (Lipinski definition) is 2. The molecule has 4 nitrogen and oxygen atoms in total. The standard InChI is InChI=1S/C21H22N2O2/c24-21(18-4-2-1-3-5-18)23-10-11-25-15-17(14-23)12-16-6-7-20-19(13-16)8-9-22-20/h1-9,13,17,22H,10-12,14-15H2/t17-/m1/s1. The van der Waals surface area contributed by atoms with Gasteiger partial charge in [0, 0.05) is 36.3 Å². The summed E-state index contributed by atoms with van der Waals surface area (Å²) in [4.78, 5) is 17.9. The number of fused-ring (bicyclic) bond motifs is 1. The molecule has 1 aliphatic rings. The summed E-state index contributed by atoms with van der Waals surface area (Å²) in [6, 6.07) is 18.1. The van der Waals surface area contributed by atoms with Gasteiger partial charge in [0.05, 0.1) is 13.2 Å². The van der Waals surface area contributed by atoms with E-state index in [1.165, 1.54) is 10.9 Å². The van der Waals surface area contributed by atoms with Gasteiger partial charge < -0.3 is 14.6 Å². The summed E-state index contributed by atoms with van der Waals surface area (Å²) in [5.74, 6) is 0.406. The molecular formula is C21H22N2O2. The van der Waals surface area contributed by atoms with E-state index in [-0.39, 0.29) is 5.91 Å². The van der Waals surface area contributed by atoms with Crippen molar-refractivity contribution in [3.63, 3.8) is 0 Å². The smallest absolute Gasteiger partial charge is 0.253 e. The Bertz CT molecular complexity index is 856. The van der Waals surface area contributed by atoms with E-state index < -0.39 is 0 Å². The lowest BCUT2D eigenvalue weighted by atomic mass is 9.98. The van der Waals surface area contributed by atoms with Gasteiger partial charge in [0.15, 0.2) is 0 Å². The van der Waals surface area contributed by atoms with Crippen LogP contribution in [0.4, 0.5) is 0 Å². The van der Waals surface area contributed by atoms with Gasteiger partial charge in [0.25, 0.3) is 5.91 Å². The summed E-state index contributed by atoms with van der Waals surface area (Å²) in [6.07, 6.45) is 2.88. The van der Waals surface area contributed by atoms with Crippen LogP contribution in [0.5, 0.6) is 0 Å². The van der Waals surface area contributed by atoms with Gasteiger partial charge >= 0.3 is 0 Å². The maximum Gasteiger partial charge on any atom is 0.253 e. The van der Waals surface area contributed by atoms with Crippen LogP contribution in [0.1, 0.15) is 15.9 Å². The number of amides is 1. The molecule has 0 aliphatic carbocycles. The lowest BCUT2D eigenvalue weighted by Crippen LogP contribution is -2.36. The summed E-state index contributed by atoms with van der Waals surface area (Å²) in [5, 5.41) is 1.23. The molecule has 4 rings (SSSR count). The molecule has 1 fully saturated rings.